The molecule has 0 saturated carbocycles. The number of nitrogens with one attached hydrogen (secondary N) is 1. The Balaban J connectivity index is 1.83. The van der Waals surface area contributed by atoms with Crippen LogP contribution >= 0.6 is 0 Å². The average molecular weight is 322 g/mol. The van der Waals surface area contributed by atoms with E-state index in [4.69, 9.17) is 9.47 Å². The number of methoxy groups -OCH3 is 2. The summed E-state index contributed by atoms with van der Waals surface area (Å²) in [6.45, 7) is 0.569. The number of ether oxygens (including phenoxy) is 2. The van der Waals surface area contributed by atoms with Crippen LogP contribution in [-0.4, -0.2) is 29.2 Å². The van der Waals surface area contributed by atoms with Gasteiger partial charge in [0, 0.05) is 43.0 Å². The van der Waals surface area contributed by atoms with Gasteiger partial charge in [-0.1, -0.05) is 0 Å². The van der Waals surface area contributed by atoms with E-state index >= 15 is 0 Å². The highest BCUT2D eigenvalue weighted by Crippen LogP contribution is 2.25. The number of nitrogens with zero attached hydrogens (tertiary/aromatic N) is 3. The molecule has 0 saturated heterocycles. The predicted octanol–water partition coefficient (Wildman–Crippen LogP) is 3.17. The molecule has 1 aromatic carbocycles. The molecule has 6 heteroatoms. The standard InChI is InChI=1S/C18H18N4O2/c1-23-15-8-13(9-16(10-15)24-2)11-22-18-17(20-6-7-21-18)14-4-3-5-19-12-14/h3-10,12H,11H2,1-2H3,(H,21,22). The Morgan fingerprint density at radius 2 is 1.71 bits per heavy atom. The molecule has 2 heterocycles. The minimum absolute atomic E-state index is 0.569. The third-order valence-corrected chi connectivity index (χ3v) is 3.50. The fourth-order valence-corrected chi connectivity index (χ4v) is 2.34. The van der Waals surface area contributed by atoms with E-state index in [-0.39, 0.29) is 0 Å². The van der Waals surface area contributed by atoms with Crippen molar-refractivity contribution in [1.82, 2.24) is 15.0 Å². The molecule has 0 aliphatic rings. The van der Waals surface area contributed by atoms with Crippen molar-refractivity contribution < 1.29 is 9.47 Å². The van der Waals surface area contributed by atoms with Crippen LogP contribution in [0.5, 0.6) is 11.5 Å². The molecular formula is C18H18N4O2. The Morgan fingerprint density at radius 3 is 2.38 bits per heavy atom. The van der Waals surface area contributed by atoms with Crippen molar-refractivity contribution in [2.75, 3.05) is 19.5 Å². The maximum Gasteiger partial charge on any atom is 0.152 e. The first kappa shape index (κ1) is 15.7. The summed E-state index contributed by atoms with van der Waals surface area (Å²) < 4.78 is 10.6. The van der Waals surface area contributed by atoms with E-state index in [9.17, 15) is 0 Å². The highest BCUT2D eigenvalue weighted by molar-refractivity contribution is 5.70. The normalized spacial score (nSPS) is 10.2. The summed E-state index contributed by atoms with van der Waals surface area (Å²) in [5.41, 5.74) is 2.70. The molecule has 0 aliphatic carbocycles. The van der Waals surface area contributed by atoms with Gasteiger partial charge in [0.1, 0.15) is 17.2 Å². The molecule has 0 spiro atoms. The predicted molar refractivity (Wildman–Crippen MR) is 92.1 cm³/mol. The fourth-order valence-electron chi connectivity index (χ4n) is 2.34. The van der Waals surface area contributed by atoms with Crippen LogP contribution in [0.1, 0.15) is 5.56 Å². The lowest BCUT2D eigenvalue weighted by atomic mass is 10.1. The zero-order chi connectivity index (χ0) is 16.8. The van der Waals surface area contributed by atoms with Crippen LogP contribution in [0.4, 0.5) is 5.82 Å². The number of hydrogen-bond donors (Lipinski definition) is 1. The lowest BCUT2D eigenvalue weighted by molar-refractivity contribution is 0.393. The minimum Gasteiger partial charge on any atom is -0.497 e. The summed E-state index contributed by atoms with van der Waals surface area (Å²) in [5.74, 6) is 2.20. The maximum absolute atomic E-state index is 5.30. The van der Waals surface area contributed by atoms with Gasteiger partial charge in [-0.2, -0.15) is 0 Å². The van der Waals surface area contributed by atoms with Crippen LogP contribution in [0.2, 0.25) is 0 Å². The smallest absolute Gasteiger partial charge is 0.152 e. The topological polar surface area (TPSA) is 69.2 Å². The van der Waals surface area contributed by atoms with Crippen molar-refractivity contribution in [3.8, 4) is 22.8 Å². The van der Waals surface area contributed by atoms with Gasteiger partial charge in [0.05, 0.1) is 14.2 Å². The molecule has 122 valence electrons. The van der Waals surface area contributed by atoms with E-state index in [1.807, 2.05) is 30.3 Å². The van der Waals surface area contributed by atoms with E-state index < -0.39 is 0 Å². The highest BCUT2D eigenvalue weighted by Gasteiger charge is 2.08. The molecule has 3 aromatic rings. The molecule has 6 nitrogen and oxygen atoms in total. The average Bonchev–Trinajstić information content (AvgIpc) is 2.67. The molecule has 24 heavy (non-hydrogen) atoms. The summed E-state index contributed by atoms with van der Waals surface area (Å²) in [6, 6.07) is 9.58. The van der Waals surface area contributed by atoms with Gasteiger partial charge in [-0.05, 0) is 29.8 Å². The Kier molecular flexibility index (Phi) is 4.86. The second kappa shape index (κ2) is 7.41. The van der Waals surface area contributed by atoms with Gasteiger partial charge in [-0.15, -0.1) is 0 Å². The first-order valence-corrected chi connectivity index (χ1v) is 7.47. The Bertz CT molecular complexity index is 787. The van der Waals surface area contributed by atoms with Gasteiger partial charge < -0.3 is 14.8 Å². The van der Waals surface area contributed by atoms with E-state index in [0.29, 0.717) is 12.4 Å². The molecule has 0 fully saturated rings. The van der Waals surface area contributed by atoms with Crippen molar-refractivity contribution in [1.29, 1.82) is 0 Å². The third kappa shape index (κ3) is 3.60. The number of anilines is 1. The van der Waals surface area contributed by atoms with Crippen LogP contribution in [0.3, 0.4) is 0 Å². The quantitative estimate of drug-likeness (QED) is 0.752. The molecule has 0 radical (unpaired) electrons. The van der Waals surface area contributed by atoms with E-state index in [1.54, 1.807) is 39.0 Å². The zero-order valence-electron chi connectivity index (χ0n) is 13.6. The molecule has 3 rings (SSSR count). The van der Waals surface area contributed by atoms with Crippen LogP contribution in [-0.2, 0) is 6.54 Å². The van der Waals surface area contributed by atoms with Gasteiger partial charge in [0.15, 0.2) is 5.82 Å². The van der Waals surface area contributed by atoms with Gasteiger partial charge >= 0.3 is 0 Å². The summed E-state index contributed by atoms with van der Waals surface area (Å²) in [7, 11) is 3.27. The first-order chi connectivity index (χ1) is 11.8. The zero-order valence-corrected chi connectivity index (χ0v) is 13.6. The molecular weight excluding hydrogens is 304 g/mol. The summed E-state index contributed by atoms with van der Waals surface area (Å²) in [6.07, 6.45) is 6.83. The molecule has 2 aromatic heterocycles. The van der Waals surface area contributed by atoms with Gasteiger partial charge in [0.2, 0.25) is 0 Å². The Morgan fingerprint density at radius 1 is 0.958 bits per heavy atom. The minimum atomic E-state index is 0.569. The number of hydrogen-bond acceptors (Lipinski definition) is 6. The second-order valence-corrected chi connectivity index (χ2v) is 5.07. The molecule has 0 atom stereocenters. The molecule has 0 amide bonds. The third-order valence-electron chi connectivity index (χ3n) is 3.50. The van der Waals surface area contributed by atoms with Crippen molar-refractivity contribution >= 4 is 5.82 Å². The van der Waals surface area contributed by atoms with Gasteiger partial charge in [0.25, 0.3) is 0 Å². The molecule has 0 unspecified atom stereocenters. The Hall–Kier alpha value is -3.15. The van der Waals surface area contributed by atoms with Crippen LogP contribution in [0, 0.1) is 0 Å². The van der Waals surface area contributed by atoms with E-state index in [1.165, 1.54) is 0 Å². The van der Waals surface area contributed by atoms with Crippen LogP contribution < -0.4 is 14.8 Å². The summed E-state index contributed by atoms with van der Waals surface area (Å²) in [4.78, 5) is 12.9. The largest absolute Gasteiger partial charge is 0.497 e. The maximum atomic E-state index is 5.30. The van der Waals surface area contributed by atoms with E-state index in [0.717, 1.165) is 28.3 Å². The first-order valence-electron chi connectivity index (χ1n) is 7.47. The van der Waals surface area contributed by atoms with Gasteiger partial charge in [-0.3, -0.25) is 9.97 Å². The number of pyridine rings is 1. The monoisotopic (exact) mass is 322 g/mol. The molecule has 0 bridgehead atoms. The number of benzene rings is 1. The van der Waals surface area contributed by atoms with Crippen molar-refractivity contribution in [2.24, 2.45) is 0 Å². The van der Waals surface area contributed by atoms with Crippen LogP contribution in [0.15, 0.2) is 55.1 Å². The lowest BCUT2D eigenvalue weighted by Crippen LogP contribution is -2.04. The second-order valence-electron chi connectivity index (χ2n) is 5.07. The fraction of sp³-hybridized carbons (Fsp3) is 0.167. The van der Waals surface area contributed by atoms with Crippen molar-refractivity contribution in [3.05, 3.63) is 60.7 Å². The highest BCUT2D eigenvalue weighted by atomic mass is 16.5. The molecule has 1 N–H and O–H groups in total. The van der Waals surface area contributed by atoms with Crippen LogP contribution in [0.25, 0.3) is 11.3 Å². The van der Waals surface area contributed by atoms with Gasteiger partial charge in [-0.25, -0.2) is 4.98 Å². The number of rotatable bonds is 6. The van der Waals surface area contributed by atoms with Crippen molar-refractivity contribution in [3.63, 3.8) is 0 Å². The molecule has 0 aliphatic heterocycles. The Labute approximate surface area is 140 Å². The van der Waals surface area contributed by atoms with E-state index in [2.05, 4.69) is 20.3 Å². The van der Waals surface area contributed by atoms with Crippen molar-refractivity contribution in [2.45, 2.75) is 6.54 Å². The lowest BCUT2D eigenvalue weighted by Gasteiger charge is -2.12. The number of aromatic nitrogens is 3. The SMILES string of the molecule is COc1cc(CNc2nccnc2-c2cccnc2)cc(OC)c1. The summed E-state index contributed by atoms with van der Waals surface area (Å²) in [5, 5.41) is 3.32. The summed E-state index contributed by atoms with van der Waals surface area (Å²) >= 11 is 0.